The molecule has 0 aliphatic carbocycles. The number of aromatic amines is 1. The topological polar surface area (TPSA) is 102 Å². The van der Waals surface area contributed by atoms with Gasteiger partial charge in [-0.05, 0) is 48.5 Å². The highest BCUT2D eigenvalue weighted by Crippen LogP contribution is 2.23. The van der Waals surface area contributed by atoms with Gasteiger partial charge in [0.1, 0.15) is 16.9 Å². The van der Waals surface area contributed by atoms with Gasteiger partial charge in [0, 0.05) is 5.69 Å². The van der Waals surface area contributed by atoms with Crippen LogP contribution < -0.4 is 15.6 Å². The van der Waals surface area contributed by atoms with Crippen molar-refractivity contribution in [1.29, 1.82) is 0 Å². The van der Waals surface area contributed by atoms with Crippen molar-refractivity contribution in [3.63, 3.8) is 0 Å². The summed E-state index contributed by atoms with van der Waals surface area (Å²) in [5.41, 5.74) is 1.57. The molecule has 0 spiro atoms. The highest BCUT2D eigenvalue weighted by atomic mass is 32.2. The van der Waals surface area contributed by atoms with E-state index in [-0.39, 0.29) is 17.2 Å². The summed E-state index contributed by atoms with van der Waals surface area (Å²) in [5, 5.41) is 7.85. The van der Waals surface area contributed by atoms with Gasteiger partial charge in [0.25, 0.3) is 5.56 Å². The molecule has 0 atom stereocenters. The van der Waals surface area contributed by atoms with Gasteiger partial charge in [-0.2, -0.15) is 5.10 Å². The maximum absolute atomic E-state index is 12.5. The number of fused-ring (bicyclic) bond motifs is 1. The third kappa shape index (κ3) is 4.84. The third-order valence-corrected chi connectivity index (χ3v) is 5.75. The molecule has 0 saturated heterocycles. The summed E-state index contributed by atoms with van der Waals surface area (Å²) in [6, 6.07) is 26.0. The molecule has 34 heavy (non-hydrogen) atoms. The number of hydrogen-bond acceptors (Lipinski definition) is 6. The Kier molecular flexibility index (Phi) is 6.09. The van der Waals surface area contributed by atoms with Crippen LogP contribution in [0.3, 0.4) is 0 Å². The van der Waals surface area contributed by atoms with Gasteiger partial charge in [-0.25, -0.2) is 9.67 Å². The molecule has 0 aliphatic rings. The van der Waals surface area contributed by atoms with Crippen LogP contribution >= 0.6 is 11.8 Å². The minimum absolute atomic E-state index is 0.0796. The molecule has 0 aliphatic heterocycles. The van der Waals surface area contributed by atoms with E-state index in [2.05, 4.69) is 20.4 Å². The Labute approximate surface area is 198 Å². The molecule has 8 nitrogen and oxygen atoms in total. The van der Waals surface area contributed by atoms with E-state index in [1.165, 1.54) is 6.20 Å². The fraction of sp³-hybridized carbons (Fsp3) is 0.0400. The molecule has 0 saturated carbocycles. The highest BCUT2D eigenvalue weighted by molar-refractivity contribution is 7.99. The maximum atomic E-state index is 12.5. The van der Waals surface area contributed by atoms with Gasteiger partial charge < -0.3 is 15.0 Å². The van der Waals surface area contributed by atoms with Crippen molar-refractivity contribution in [1.82, 2.24) is 19.7 Å². The van der Waals surface area contributed by atoms with Crippen molar-refractivity contribution < 1.29 is 9.53 Å². The fourth-order valence-corrected chi connectivity index (χ4v) is 3.94. The van der Waals surface area contributed by atoms with E-state index in [1.54, 1.807) is 28.9 Å². The number of aromatic nitrogens is 4. The summed E-state index contributed by atoms with van der Waals surface area (Å²) in [5.74, 6) is 1.27. The zero-order chi connectivity index (χ0) is 23.3. The minimum atomic E-state index is -0.302. The van der Waals surface area contributed by atoms with Crippen LogP contribution in [-0.2, 0) is 4.79 Å². The summed E-state index contributed by atoms with van der Waals surface area (Å²) in [7, 11) is 0. The van der Waals surface area contributed by atoms with Crippen LogP contribution in [0.25, 0.3) is 16.7 Å². The fourth-order valence-electron chi connectivity index (χ4n) is 3.29. The predicted octanol–water partition coefficient (Wildman–Crippen LogP) is 4.63. The zero-order valence-electron chi connectivity index (χ0n) is 17.8. The Morgan fingerprint density at radius 3 is 2.35 bits per heavy atom. The van der Waals surface area contributed by atoms with Crippen LogP contribution in [0.1, 0.15) is 0 Å². The molecule has 5 aromatic rings. The molecule has 0 bridgehead atoms. The van der Waals surface area contributed by atoms with Crippen molar-refractivity contribution in [2.45, 2.75) is 5.16 Å². The van der Waals surface area contributed by atoms with Crippen LogP contribution in [0, 0.1) is 0 Å². The van der Waals surface area contributed by atoms with Crippen molar-refractivity contribution in [2.75, 3.05) is 11.1 Å². The van der Waals surface area contributed by atoms with Crippen molar-refractivity contribution >= 4 is 34.4 Å². The average molecular weight is 470 g/mol. The summed E-state index contributed by atoms with van der Waals surface area (Å²) in [6.07, 6.45) is 1.49. The number of H-pyrrole nitrogens is 1. The average Bonchev–Trinajstić information content (AvgIpc) is 3.30. The summed E-state index contributed by atoms with van der Waals surface area (Å²) >= 11 is 1.14. The number of carbonyl (C=O) groups excluding carboxylic acids is 1. The van der Waals surface area contributed by atoms with Gasteiger partial charge in [-0.1, -0.05) is 48.2 Å². The lowest BCUT2D eigenvalue weighted by molar-refractivity contribution is -0.113. The minimum Gasteiger partial charge on any atom is -0.457 e. The number of amides is 1. The smallest absolute Gasteiger partial charge is 0.262 e. The predicted molar refractivity (Wildman–Crippen MR) is 132 cm³/mol. The lowest BCUT2D eigenvalue weighted by atomic mass is 10.3. The van der Waals surface area contributed by atoms with Crippen molar-refractivity contribution in [3.8, 4) is 17.2 Å². The number of para-hydroxylation sites is 2. The molecule has 0 unspecified atom stereocenters. The molecular formula is C25H19N5O3S. The second kappa shape index (κ2) is 9.63. The SMILES string of the molecule is O=C(CSc1nc2c(cnn2-c2ccccc2)c(=O)[nH]1)Nc1ccc(Oc2ccccc2)cc1. The number of rotatable bonds is 7. The first-order valence-corrected chi connectivity index (χ1v) is 11.4. The first kappa shape index (κ1) is 21.5. The normalized spacial score (nSPS) is 10.8. The van der Waals surface area contributed by atoms with Gasteiger partial charge in [0.05, 0.1) is 17.6 Å². The molecule has 9 heteroatoms. The Hall–Kier alpha value is -4.37. The van der Waals surface area contributed by atoms with Gasteiger partial charge in [0.15, 0.2) is 10.8 Å². The molecule has 2 aromatic heterocycles. The monoisotopic (exact) mass is 469 g/mol. The Morgan fingerprint density at radius 2 is 1.62 bits per heavy atom. The number of anilines is 1. The largest absolute Gasteiger partial charge is 0.457 e. The Morgan fingerprint density at radius 1 is 0.941 bits per heavy atom. The van der Waals surface area contributed by atoms with Gasteiger partial charge in [0.2, 0.25) is 5.91 Å². The molecular weight excluding hydrogens is 450 g/mol. The zero-order valence-corrected chi connectivity index (χ0v) is 18.7. The standard InChI is InChI=1S/C25H19N5O3S/c31-22(27-17-11-13-20(14-12-17)33-19-9-5-2-6-10-19)16-34-25-28-23-21(24(32)29-25)15-26-30(23)18-7-3-1-4-8-18/h1-15H,16H2,(H,27,31)(H,28,29,32). The number of hydrogen-bond donors (Lipinski definition) is 2. The summed E-state index contributed by atoms with van der Waals surface area (Å²) in [6.45, 7) is 0. The van der Waals surface area contributed by atoms with E-state index in [0.29, 0.717) is 27.6 Å². The Bertz CT molecular complexity index is 1480. The summed E-state index contributed by atoms with van der Waals surface area (Å²) in [4.78, 5) is 32.1. The van der Waals surface area contributed by atoms with E-state index in [9.17, 15) is 9.59 Å². The highest BCUT2D eigenvalue weighted by Gasteiger charge is 2.13. The number of nitrogens with zero attached hydrogens (tertiary/aromatic N) is 3. The van der Waals surface area contributed by atoms with Crippen LogP contribution in [0.4, 0.5) is 5.69 Å². The lowest BCUT2D eigenvalue weighted by Gasteiger charge is -2.08. The van der Waals surface area contributed by atoms with Gasteiger partial charge in [-0.15, -0.1) is 0 Å². The van der Waals surface area contributed by atoms with Crippen LogP contribution in [0.5, 0.6) is 11.5 Å². The second-order valence-electron chi connectivity index (χ2n) is 7.28. The first-order valence-electron chi connectivity index (χ1n) is 10.4. The van der Waals surface area contributed by atoms with E-state index < -0.39 is 0 Å². The number of nitrogens with one attached hydrogen (secondary N) is 2. The van der Waals surface area contributed by atoms with E-state index in [1.807, 2.05) is 60.7 Å². The summed E-state index contributed by atoms with van der Waals surface area (Å²) < 4.78 is 7.36. The molecule has 0 radical (unpaired) electrons. The number of benzene rings is 3. The lowest BCUT2D eigenvalue weighted by Crippen LogP contribution is -2.15. The van der Waals surface area contributed by atoms with E-state index >= 15 is 0 Å². The molecule has 1 amide bonds. The molecule has 2 N–H and O–H groups in total. The van der Waals surface area contributed by atoms with Crippen molar-refractivity contribution in [3.05, 3.63) is 101 Å². The molecule has 0 fully saturated rings. The third-order valence-electron chi connectivity index (χ3n) is 4.87. The van der Waals surface area contributed by atoms with Gasteiger partial charge >= 0.3 is 0 Å². The molecule has 5 rings (SSSR count). The quantitative estimate of drug-likeness (QED) is 0.266. The number of carbonyl (C=O) groups is 1. The van der Waals surface area contributed by atoms with Crippen molar-refractivity contribution in [2.24, 2.45) is 0 Å². The molecule has 2 heterocycles. The van der Waals surface area contributed by atoms with Crippen LogP contribution in [0.15, 0.2) is 101 Å². The van der Waals surface area contributed by atoms with Gasteiger partial charge in [-0.3, -0.25) is 9.59 Å². The van der Waals surface area contributed by atoms with E-state index in [4.69, 9.17) is 4.74 Å². The molecule has 3 aromatic carbocycles. The number of ether oxygens (including phenoxy) is 1. The molecule has 168 valence electrons. The maximum Gasteiger partial charge on any atom is 0.262 e. The first-order chi connectivity index (χ1) is 16.7. The number of thioether (sulfide) groups is 1. The van der Waals surface area contributed by atoms with Crippen LogP contribution in [0.2, 0.25) is 0 Å². The van der Waals surface area contributed by atoms with Crippen LogP contribution in [-0.4, -0.2) is 31.4 Å². The van der Waals surface area contributed by atoms with E-state index in [0.717, 1.165) is 23.2 Å². The Balaban J connectivity index is 1.24. The second-order valence-corrected chi connectivity index (χ2v) is 8.24.